The van der Waals surface area contributed by atoms with Crippen LogP contribution in [-0.4, -0.2) is 19.0 Å². The van der Waals surface area contributed by atoms with Crippen LogP contribution < -0.4 is 5.32 Å². The van der Waals surface area contributed by atoms with Crippen molar-refractivity contribution in [3.63, 3.8) is 0 Å². The molecular weight excluding hydrogens is 220 g/mol. The Morgan fingerprint density at radius 3 is 2.73 bits per heavy atom. The van der Waals surface area contributed by atoms with Crippen LogP contribution in [0.15, 0.2) is 24.3 Å². The minimum absolute atomic E-state index is 0.122. The molecule has 15 heavy (non-hydrogen) atoms. The average Bonchev–Trinajstić information content (AvgIpc) is 2.19. The molecule has 2 rings (SSSR count). The molecule has 1 aromatic rings. The molecule has 1 heterocycles. The lowest BCUT2D eigenvalue weighted by Crippen LogP contribution is -2.43. The zero-order valence-electron chi connectivity index (χ0n) is 8.14. The number of nitrogens with one attached hydrogen (secondary N) is 1. The lowest BCUT2D eigenvalue weighted by molar-refractivity contribution is -0.0479. The highest BCUT2D eigenvalue weighted by molar-refractivity contribution is 6.31. The molecule has 0 aliphatic carbocycles. The zero-order chi connectivity index (χ0) is 10.9. The molecule has 1 N–H and O–H groups in total. The predicted molar refractivity (Wildman–Crippen MR) is 56.6 cm³/mol. The van der Waals surface area contributed by atoms with E-state index in [1.807, 2.05) is 0 Å². The highest BCUT2D eigenvalue weighted by atomic mass is 35.5. The van der Waals surface area contributed by atoms with Crippen molar-refractivity contribution in [3.05, 3.63) is 34.9 Å². The minimum atomic E-state index is -2.66. The summed E-state index contributed by atoms with van der Waals surface area (Å²) in [5.41, 5.74) is 0.538. The molecule has 0 aromatic heterocycles. The van der Waals surface area contributed by atoms with Gasteiger partial charge in [0.15, 0.2) is 0 Å². The summed E-state index contributed by atoms with van der Waals surface area (Å²) in [5.74, 6) is -3.46. The number of halogens is 3. The highest BCUT2D eigenvalue weighted by Crippen LogP contribution is 2.40. The third-order valence-corrected chi connectivity index (χ3v) is 3.12. The fourth-order valence-corrected chi connectivity index (χ4v) is 2.19. The van der Waals surface area contributed by atoms with Crippen molar-refractivity contribution in [1.29, 1.82) is 0 Å². The molecule has 82 valence electrons. The van der Waals surface area contributed by atoms with E-state index in [0.29, 0.717) is 17.1 Å². The molecule has 0 spiro atoms. The van der Waals surface area contributed by atoms with Gasteiger partial charge in [-0.25, -0.2) is 8.78 Å². The first-order valence-corrected chi connectivity index (χ1v) is 5.32. The summed E-state index contributed by atoms with van der Waals surface area (Å²) in [6.07, 6.45) is -0.122. The summed E-state index contributed by atoms with van der Waals surface area (Å²) < 4.78 is 27.3. The van der Waals surface area contributed by atoms with Crippen LogP contribution in [0.25, 0.3) is 0 Å². The Kier molecular flexibility index (Phi) is 2.94. The minimum Gasteiger partial charge on any atom is -0.316 e. The van der Waals surface area contributed by atoms with E-state index in [1.54, 1.807) is 24.3 Å². The van der Waals surface area contributed by atoms with Crippen molar-refractivity contribution in [3.8, 4) is 0 Å². The molecule has 1 aromatic carbocycles. The van der Waals surface area contributed by atoms with Crippen LogP contribution in [0.4, 0.5) is 8.78 Å². The summed E-state index contributed by atoms with van der Waals surface area (Å²) in [7, 11) is 0. The Labute approximate surface area is 92.4 Å². The average molecular weight is 232 g/mol. The number of rotatable bonds is 1. The maximum Gasteiger partial charge on any atom is 0.257 e. The van der Waals surface area contributed by atoms with E-state index < -0.39 is 11.8 Å². The summed E-state index contributed by atoms with van der Waals surface area (Å²) in [6, 6.07) is 6.82. The van der Waals surface area contributed by atoms with Crippen LogP contribution in [-0.2, 0) is 0 Å². The van der Waals surface area contributed by atoms with Gasteiger partial charge in [0.05, 0.1) is 5.92 Å². The van der Waals surface area contributed by atoms with E-state index in [9.17, 15) is 8.78 Å². The predicted octanol–water partition coefficient (Wildman–Crippen LogP) is 3.05. The maximum atomic E-state index is 13.6. The largest absolute Gasteiger partial charge is 0.316 e. The first-order valence-electron chi connectivity index (χ1n) is 4.94. The van der Waals surface area contributed by atoms with E-state index in [2.05, 4.69) is 5.32 Å². The van der Waals surface area contributed by atoms with Gasteiger partial charge < -0.3 is 5.32 Å². The van der Waals surface area contributed by atoms with Gasteiger partial charge in [-0.2, -0.15) is 0 Å². The smallest absolute Gasteiger partial charge is 0.257 e. The number of hydrogen-bond donors (Lipinski definition) is 1. The van der Waals surface area contributed by atoms with Gasteiger partial charge >= 0.3 is 0 Å². The summed E-state index contributed by atoms with van der Waals surface area (Å²) >= 11 is 5.92. The number of benzene rings is 1. The van der Waals surface area contributed by atoms with Crippen LogP contribution in [0.3, 0.4) is 0 Å². The Bertz CT molecular complexity index is 354. The summed E-state index contributed by atoms with van der Waals surface area (Å²) in [5, 5.41) is 3.40. The standard InChI is InChI=1S/C11H12ClF2N/c12-10-4-2-1-3-8(10)9-7-15-6-5-11(9,13)14/h1-4,9,15H,5-7H2. The third kappa shape index (κ3) is 2.13. The second kappa shape index (κ2) is 4.06. The number of hydrogen-bond acceptors (Lipinski definition) is 1. The Balaban J connectivity index is 2.33. The second-order valence-corrected chi connectivity index (χ2v) is 4.20. The lowest BCUT2D eigenvalue weighted by Gasteiger charge is -2.32. The highest BCUT2D eigenvalue weighted by Gasteiger charge is 2.42. The van der Waals surface area contributed by atoms with Gasteiger partial charge in [0, 0.05) is 24.5 Å². The monoisotopic (exact) mass is 231 g/mol. The Hall–Kier alpha value is -0.670. The van der Waals surface area contributed by atoms with E-state index in [1.165, 1.54) is 0 Å². The molecule has 0 radical (unpaired) electrons. The van der Waals surface area contributed by atoms with E-state index in [4.69, 9.17) is 11.6 Å². The van der Waals surface area contributed by atoms with E-state index >= 15 is 0 Å². The third-order valence-electron chi connectivity index (χ3n) is 2.77. The molecule has 1 aliphatic heterocycles. The molecule has 1 aliphatic rings. The van der Waals surface area contributed by atoms with Crippen LogP contribution in [0.2, 0.25) is 5.02 Å². The molecule has 1 atom stereocenters. The van der Waals surface area contributed by atoms with Gasteiger partial charge in [-0.1, -0.05) is 29.8 Å². The van der Waals surface area contributed by atoms with Gasteiger partial charge in [0.1, 0.15) is 0 Å². The van der Waals surface area contributed by atoms with E-state index in [0.717, 1.165) is 0 Å². The number of alkyl halides is 2. The maximum absolute atomic E-state index is 13.6. The van der Waals surface area contributed by atoms with Gasteiger partial charge in [0.25, 0.3) is 5.92 Å². The van der Waals surface area contributed by atoms with Crippen molar-refractivity contribution in [1.82, 2.24) is 5.32 Å². The van der Waals surface area contributed by atoms with Crippen molar-refractivity contribution in [2.24, 2.45) is 0 Å². The van der Waals surface area contributed by atoms with Gasteiger partial charge in [0.2, 0.25) is 0 Å². The Morgan fingerprint density at radius 2 is 2.07 bits per heavy atom. The molecule has 0 saturated carbocycles. The molecule has 0 bridgehead atoms. The molecular formula is C11H12ClF2N. The fraction of sp³-hybridized carbons (Fsp3) is 0.455. The molecule has 1 saturated heterocycles. The fourth-order valence-electron chi connectivity index (χ4n) is 1.92. The van der Waals surface area contributed by atoms with Gasteiger partial charge in [-0.05, 0) is 11.6 Å². The zero-order valence-corrected chi connectivity index (χ0v) is 8.90. The molecule has 1 nitrogen and oxygen atoms in total. The first kappa shape index (κ1) is 10.8. The van der Waals surface area contributed by atoms with Gasteiger partial charge in [-0.3, -0.25) is 0 Å². The van der Waals surface area contributed by atoms with Crippen molar-refractivity contribution in [2.45, 2.75) is 18.3 Å². The molecule has 1 fully saturated rings. The molecule has 1 unspecified atom stereocenters. The first-order chi connectivity index (χ1) is 7.11. The van der Waals surface area contributed by atoms with Crippen LogP contribution >= 0.6 is 11.6 Å². The van der Waals surface area contributed by atoms with E-state index in [-0.39, 0.29) is 13.0 Å². The SMILES string of the molecule is FC1(F)CCNCC1c1ccccc1Cl. The second-order valence-electron chi connectivity index (χ2n) is 3.79. The summed E-state index contributed by atoms with van der Waals surface area (Å²) in [4.78, 5) is 0. The topological polar surface area (TPSA) is 12.0 Å². The van der Waals surface area contributed by atoms with Crippen molar-refractivity contribution in [2.75, 3.05) is 13.1 Å². The number of piperidine rings is 1. The molecule has 4 heteroatoms. The quantitative estimate of drug-likeness (QED) is 0.783. The van der Waals surface area contributed by atoms with Crippen LogP contribution in [0.5, 0.6) is 0 Å². The van der Waals surface area contributed by atoms with Crippen molar-refractivity contribution < 1.29 is 8.78 Å². The van der Waals surface area contributed by atoms with Crippen molar-refractivity contribution >= 4 is 11.6 Å². The normalized spacial score (nSPS) is 25.1. The van der Waals surface area contributed by atoms with Crippen LogP contribution in [0, 0.1) is 0 Å². The van der Waals surface area contributed by atoms with Gasteiger partial charge in [-0.15, -0.1) is 0 Å². The lowest BCUT2D eigenvalue weighted by atomic mass is 9.88. The Morgan fingerprint density at radius 1 is 1.33 bits per heavy atom. The molecule has 0 amide bonds. The summed E-state index contributed by atoms with van der Waals surface area (Å²) in [6.45, 7) is 0.657. The van der Waals surface area contributed by atoms with Crippen LogP contribution in [0.1, 0.15) is 17.9 Å².